The summed E-state index contributed by atoms with van der Waals surface area (Å²) in [7, 11) is 1.61. The van der Waals surface area contributed by atoms with Crippen LogP contribution in [0.15, 0.2) is 23.0 Å². The van der Waals surface area contributed by atoms with Crippen LogP contribution in [-0.4, -0.2) is 18.6 Å². The molecule has 0 saturated heterocycles. The second-order valence-electron chi connectivity index (χ2n) is 4.01. The molecule has 4 nitrogen and oxygen atoms in total. The Kier molecular flexibility index (Phi) is 3.15. The van der Waals surface area contributed by atoms with E-state index in [4.69, 9.17) is 10.5 Å². The van der Waals surface area contributed by atoms with E-state index in [0.29, 0.717) is 13.0 Å². The number of fused-ring (bicyclic) bond motifs is 1. The summed E-state index contributed by atoms with van der Waals surface area (Å²) in [5.41, 5.74) is 8.02. The molecule has 90 valence electrons. The molecule has 0 aliphatic carbocycles. The van der Waals surface area contributed by atoms with E-state index < -0.39 is 0 Å². The largest absolute Gasteiger partial charge is 0.497 e. The zero-order valence-corrected chi connectivity index (χ0v) is 10.0. The summed E-state index contributed by atoms with van der Waals surface area (Å²) in [5, 5.41) is 1.04. The topological polar surface area (TPSA) is 68.1 Å². The van der Waals surface area contributed by atoms with E-state index in [2.05, 4.69) is 4.98 Å². The lowest BCUT2D eigenvalue weighted by atomic mass is 10.0. The second-order valence-corrected chi connectivity index (χ2v) is 4.01. The van der Waals surface area contributed by atoms with Gasteiger partial charge in [-0.1, -0.05) is 0 Å². The van der Waals surface area contributed by atoms with Crippen LogP contribution < -0.4 is 16.0 Å². The average Bonchev–Trinajstić information content (AvgIpc) is 2.33. The number of hydrogen-bond acceptors (Lipinski definition) is 3. The van der Waals surface area contributed by atoms with E-state index in [1.165, 1.54) is 0 Å². The number of methoxy groups -OCH3 is 1. The maximum Gasteiger partial charge on any atom is 0.251 e. The Morgan fingerprint density at radius 3 is 2.82 bits per heavy atom. The maximum atomic E-state index is 11.9. The van der Waals surface area contributed by atoms with Crippen LogP contribution in [0.2, 0.25) is 0 Å². The number of aromatic nitrogens is 1. The fraction of sp³-hybridized carbons (Fsp3) is 0.308. The fourth-order valence-electron chi connectivity index (χ4n) is 2.06. The monoisotopic (exact) mass is 232 g/mol. The van der Waals surface area contributed by atoms with Crippen molar-refractivity contribution in [2.24, 2.45) is 5.73 Å². The fourth-order valence-corrected chi connectivity index (χ4v) is 2.06. The van der Waals surface area contributed by atoms with Crippen LogP contribution >= 0.6 is 0 Å². The lowest BCUT2D eigenvalue weighted by Crippen LogP contribution is -2.18. The van der Waals surface area contributed by atoms with Gasteiger partial charge >= 0.3 is 0 Å². The summed E-state index contributed by atoms with van der Waals surface area (Å²) in [6, 6.07) is 5.68. The quantitative estimate of drug-likeness (QED) is 0.839. The molecule has 0 amide bonds. The van der Waals surface area contributed by atoms with Crippen molar-refractivity contribution in [3.05, 3.63) is 39.7 Å². The molecule has 0 unspecified atom stereocenters. The highest BCUT2D eigenvalue weighted by atomic mass is 16.5. The first kappa shape index (κ1) is 11.7. The molecule has 0 radical (unpaired) electrons. The van der Waals surface area contributed by atoms with Gasteiger partial charge in [-0.2, -0.15) is 0 Å². The van der Waals surface area contributed by atoms with Gasteiger partial charge in [0, 0.05) is 17.0 Å². The van der Waals surface area contributed by atoms with Crippen LogP contribution in [-0.2, 0) is 6.42 Å². The van der Waals surface area contributed by atoms with Gasteiger partial charge in [-0.15, -0.1) is 0 Å². The van der Waals surface area contributed by atoms with E-state index >= 15 is 0 Å². The molecule has 0 atom stereocenters. The smallest absolute Gasteiger partial charge is 0.251 e. The minimum atomic E-state index is -0.0614. The number of pyridine rings is 1. The van der Waals surface area contributed by atoms with E-state index in [0.717, 1.165) is 27.8 Å². The first-order valence-electron chi connectivity index (χ1n) is 5.57. The standard InChI is InChI=1S/C13H16N2O2/c1-8-10-4-3-9(17-2)7-12(10)15-13(16)11(8)5-6-14/h3-4,7H,5-6,14H2,1-2H3,(H,15,16). The van der Waals surface area contributed by atoms with Crippen molar-refractivity contribution in [2.75, 3.05) is 13.7 Å². The van der Waals surface area contributed by atoms with Crippen LogP contribution in [0.25, 0.3) is 10.9 Å². The zero-order chi connectivity index (χ0) is 12.4. The molecule has 0 spiro atoms. The van der Waals surface area contributed by atoms with Crippen molar-refractivity contribution < 1.29 is 4.74 Å². The number of H-pyrrole nitrogens is 1. The summed E-state index contributed by atoms with van der Waals surface area (Å²) < 4.78 is 5.14. The highest BCUT2D eigenvalue weighted by Gasteiger charge is 2.08. The third kappa shape index (κ3) is 2.03. The summed E-state index contributed by atoms with van der Waals surface area (Å²) >= 11 is 0. The van der Waals surface area contributed by atoms with Crippen LogP contribution in [0.1, 0.15) is 11.1 Å². The van der Waals surface area contributed by atoms with Crippen LogP contribution in [0.3, 0.4) is 0 Å². The molecule has 0 saturated carbocycles. The highest BCUT2D eigenvalue weighted by molar-refractivity contribution is 5.84. The molecule has 0 aliphatic heterocycles. The van der Waals surface area contributed by atoms with E-state index in [-0.39, 0.29) is 5.56 Å². The Morgan fingerprint density at radius 1 is 1.41 bits per heavy atom. The predicted molar refractivity (Wildman–Crippen MR) is 68.6 cm³/mol. The van der Waals surface area contributed by atoms with Crippen molar-refractivity contribution in [3.63, 3.8) is 0 Å². The molecule has 1 heterocycles. The molecule has 0 bridgehead atoms. The second kappa shape index (κ2) is 4.59. The molecule has 0 aliphatic rings. The molecular formula is C13H16N2O2. The van der Waals surface area contributed by atoms with Crippen molar-refractivity contribution in [2.45, 2.75) is 13.3 Å². The number of aryl methyl sites for hydroxylation is 1. The minimum absolute atomic E-state index is 0.0614. The van der Waals surface area contributed by atoms with Gasteiger partial charge in [0.05, 0.1) is 12.6 Å². The number of nitrogens with two attached hydrogens (primary N) is 1. The minimum Gasteiger partial charge on any atom is -0.497 e. The maximum absolute atomic E-state index is 11.9. The van der Waals surface area contributed by atoms with Crippen LogP contribution in [0.5, 0.6) is 5.75 Å². The molecule has 3 N–H and O–H groups in total. The Labute approximate surface area is 99.4 Å². The summed E-state index contributed by atoms with van der Waals surface area (Å²) in [6.07, 6.45) is 0.600. The van der Waals surface area contributed by atoms with Crippen molar-refractivity contribution in [1.29, 1.82) is 0 Å². The molecular weight excluding hydrogens is 216 g/mol. The number of ether oxygens (including phenoxy) is 1. The molecule has 2 aromatic rings. The first-order valence-corrected chi connectivity index (χ1v) is 5.57. The normalized spacial score (nSPS) is 10.8. The van der Waals surface area contributed by atoms with Crippen molar-refractivity contribution in [3.8, 4) is 5.75 Å². The van der Waals surface area contributed by atoms with Crippen LogP contribution in [0, 0.1) is 6.92 Å². The number of benzene rings is 1. The van der Waals surface area contributed by atoms with Gasteiger partial charge in [-0.25, -0.2) is 0 Å². The average molecular weight is 232 g/mol. The highest BCUT2D eigenvalue weighted by Crippen LogP contribution is 2.22. The first-order chi connectivity index (χ1) is 8.17. The number of nitrogens with one attached hydrogen (secondary N) is 1. The van der Waals surface area contributed by atoms with Gasteiger partial charge in [-0.05, 0) is 37.6 Å². The van der Waals surface area contributed by atoms with Gasteiger partial charge in [0.15, 0.2) is 0 Å². The Balaban J connectivity index is 2.72. The SMILES string of the molecule is COc1ccc2c(C)c(CCN)c(=O)[nH]c2c1. The van der Waals surface area contributed by atoms with Crippen molar-refractivity contribution >= 4 is 10.9 Å². The Morgan fingerprint density at radius 2 is 2.18 bits per heavy atom. The number of hydrogen-bond donors (Lipinski definition) is 2. The molecule has 17 heavy (non-hydrogen) atoms. The molecule has 1 aromatic heterocycles. The lowest BCUT2D eigenvalue weighted by Gasteiger charge is -2.09. The summed E-state index contributed by atoms with van der Waals surface area (Å²) in [5.74, 6) is 0.735. The van der Waals surface area contributed by atoms with Gasteiger partial charge < -0.3 is 15.5 Å². The third-order valence-electron chi connectivity index (χ3n) is 3.00. The summed E-state index contributed by atoms with van der Waals surface area (Å²) in [6.45, 7) is 2.43. The van der Waals surface area contributed by atoms with Crippen LogP contribution in [0.4, 0.5) is 0 Å². The van der Waals surface area contributed by atoms with Gasteiger partial charge in [0.1, 0.15) is 5.75 Å². The molecule has 4 heteroatoms. The Hall–Kier alpha value is -1.81. The third-order valence-corrected chi connectivity index (χ3v) is 3.00. The van der Waals surface area contributed by atoms with Gasteiger partial charge in [0.2, 0.25) is 0 Å². The van der Waals surface area contributed by atoms with Crippen molar-refractivity contribution in [1.82, 2.24) is 4.98 Å². The van der Waals surface area contributed by atoms with Gasteiger partial charge in [0.25, 0.3) is 5.56 Å². The van der Waals surface area contributed by atoms with Gasteiger partial charge in [-0.3, -0.25) is 4.79 Å². The predicted octanol–water partition coefficient (Wildman–Crippen LogP) is 1.35. The van der Waals surface area contributed by atoms with E-state index in [9.17, 15) is 4.79 Å². The number of aromatic amines is 1. The summed E-state index contributed by atoms with van der Waals surface area (Å²) in [4.78, 5) is 14.8. The van der Waals surface area contributed by atoms with E-state index in [1.807, 2.05) is 25.1 Å². The zero-order valence-electron chi connectivity index (χ0n) is 10.0. The molecule has 0 fully saturated rings. The Bertz CT molecular complexity index is 602. The molecule has 1 aromatic carbocycles. The lowest BCUT2D eigenvalue weighted by molar-refractivity contribution is 0.415. The molecule has 2 rings (SSSR count). The van der Waals surface area contributed by atoms with E-state index in [1.54, 1.807) is 7.11 Å². The number of rotatable bonds is 3.